The van der Waals surface area contributed by atoms with Crippen molar-refractivity contribution in [2.75, 3.05) is 11.5 Å². The number of phenols is 2. The van der Waals surface area contributed by atoms with E-state index >= 15 is 0 Å². The highest BCUT2D eigenvalue weighted by Gasteiger charge is 1.98. The second-order valence-corrected chi connectivity index (χ2v) is 3.62. The minimum atomic E-state index is 0.0247. The van der Waals surface area contributed by atoms with Gasteiger partial charge in [-0.2, -0.15) is 0 Å². The average molecular weight is 253 g/mol. The molecule has 0 aromatic heterocycles. The first-order valence-corrected chi connectivity index (χ1v) is 5.16. The molecule has 0 aliphatic rings. The number of para-hydroxylation sites is 2. The van der Waals surface area contributed by atoms with Gasteiger partial charge in [0.1, 0.15) is 16.5 Å². The van der Waals surface area contributed by atoms with Gasteiger partial charge in [0.15, 0.2) is 0 Å². The SMILES string of the molecule is Nc1cccc(O)c1Cl.Nc1ccccc1O. The second kappa shape index (κ2) is 5.86. The van der Waals surface area contributed by atoms with Crippen LogP contribution < -0.4 is 11.5 Å². The third-order valence-corrected chi connectivity index (χ3v) is 2.36. The van der Waals surface area contributed by atoms with Crippen molar-refractivity contribution in [3.63, 3.8) is 0 Å². The fourth-order valence-electron chi connectivity index (χ4n) is 1.02. The lowest BCUT2D eigenvalue weighted by atomic mass is 10.3. The number of halogens is 1. The fraction of sp³-hybridized carbons (Fsp3) is 0. The van der Waals surface area contributed by atoms with E-state index in [0.29, 0.717) is 11.4 Å². The van der Waals surface area contributed by atoms with E-state index in [0.717, 1.165) is 0 Å². The summed E-state index contributed by atoms with van der Waals surface area (Å²) < 4.78 is 0. The van der Waals surface area contributed by atoms with Crippen LogP contribution in [0.4, 0.5) is 11.4 Å². The van der Waals surface area contributed by atoms with Crippen LogP contribution in [0.25, 0.3) is 0 Å². The molecule has 2 aromatic rings. The van der Waals surface area contributed by atoms with E-state index in [1.807, 2.05) is 0 Å². The number of aromatic hydroxyl groups is 2. The average Bonchev–Trinajstić information content (AvgIpc) is 2.31. The Morgan fingerprint density at radius 1 is 0.765 bits per heavy atom. The minimum absolute atomic E-state index is 0.0247. The summed E-state index contributed by atoms with van der Waals surface area (Å²) in [6, 6.07) is 11.4. The summed E-state index contributed by atoms with van der Waals surface area (Å²) in [5.74, 6) is 0.171. The molecule has 0 saturated carbocycles. The van der Waals surface area contributed by atoms with Crippen molar-refractivity contribution in [1.82, 2.24) is 0 Å². The van der Waals surface area contributed by atoms with Gasteiger partial charge in [-0.3, -0.25) is 0 Å². The summed E-state index contributed by atoms with van der Waals surface area (Å²) in [5.41, 5.74) is 11.4. The smallest absolute Gasteiger partial charge is 0.138 e. The first-order valence-electron chi connectivity index (χ1n) is 4.78. The van der Waals surface area contributed by atoms with Gasteiger partial charge in [0.2, 0.25) is 0 Å². The molecule has 2 aromatic carbocycles. The lowest BCUT2D eigenvalue weighted by Crippen LogP contribution is -1.84. The standard InChI is InChI=1S/C6H6ClNO.C6H7NO/c7-6-4(8)2-1-3-5(6)9;7-5-3-1-2-4-6(5)8/h1-3,9H,8H2;1-4,8H,7H2. The van der Waals surface area contributed by atoms with Crippen LogP contribution >= 0.6 is 11.6 Å². The zero-order valence-electron chi connectivity index (χ0n) is 8.97. The van der Waals surface area contributed by atoms with E-state index < -0.39 is 0 Å². The molecule has 4 nitrogen and oxygen atoms in total. The third-order valence-electron chi connectivity index (χ3n) is 1.94. The molecule has 0 aliphatic carbocycles. The maximum Gasteiger partial charge on any atom is 0.138 e. The quantitative estimate of drug-likeness (QED) is 0.428. The Hall–Kier alpha value is -2.07. The van der Waals surface area contributed by atoms with Crippen LogP contribution in [-0.2, 0) is 0 Å². The lowest BCUT2D eigenvalue weighted by Gasteiger charge is -1.97. The molecule has 0 spiro atoms. The Kier molecular flexibility index (Phi) is 4.48. The predicted octanol–water partition coefficient (Wildman–Crippen LogP) is 2.60. The van der Waals surface area contributed by atoms with Crippen LogP contribution in [0.5, 0.6) is 11.5 Å². The van der Waals surface area contributed by atoms with E-state index in [-0.39, 0.29) is 16.5 Å². The summed E-state index contributed by atoms with van der Waals surface area (Å²) in [4.78, 5) is 0. The molecule has 0 amide bonds. The molecule has 0 bridgehead atoms. The molecule has 0 unspecified atom stereocenters. The van der Waals surface area contributed by atoms with E-state index in [1.165, 1.54) is 6.07 Å². The van der Waals surface area contributed by atoms with Crippen LogP contribution in [0.1, 0.15) is 0 Å². The molecule has 0 saturated heterocycles. The maximum absolute atomic E-state index is 8.89. The van der Waals surface area contributed by atoms with Crippen molar-refractivity contribution in [2.24, 2.45) is 0 Å². The molecule has 2 rings (SSSR count). The monoisotopic (exact) mass is 252 g/mol. The van der Waals surface area contributed by atoms with Gasteiger partial charge in [-0.05, 0) is 24.3 Å². The molecule has 6 N–H and O–H groups in total. The minimum Gasteiger partial charge on any atom is -0.506 e. The Morgan fingerprint density at radius 2 is 1.29 bits per heavy atom. The van der Waals surface area contributed by atoms with E-state index in [1.54, 1.807) is 36.4 Å². The molecule has 0 fully saturated rings. The third kappa shape index (κ3) is 3.77. The number of nitrogens with two attached hydrogens (primary N) is 2. The van der Waals surface area contributed by atoms with Crippen LogP contribution in [0, 0.1) is 0 Å². The highest BCUT2D eigenvalue weighted by molar-refractivity contribution is 6.34. The molecular formula is C12H13ClN2O2. The zero-order chi connectivity index (χ0) is 12.8. The summed E-state index contributed by atoms with van der Waals surface area (Å²) in [7, 11) is 0. The van der Waals surface area contributed by atoms with Crippen molar-refractivity contribution in [3.05, 3.63) is 47.5 Å². The van der Waals surface area contributed by atoms with Crippen LogP contribution in [0.2, 0.25) is 5.02 Å². The Bertz CT molecular complexity index is 462. The molecular weight excluding hydrogens is 240 g/mol. The van der Waals surface area contributed by atoms with Gasteiger partial charge in [0.25, 0.3) is 0 Å². The molecule has 17 heavy (non-hydrogen) atoms. The maximum atomic E-state index is 8.89. The second-order valence-electron chi connectivity index (χ2n) is 3.24. The van der Waals surface area contributed by atoms with Gasteiger partial charge in [-0.15, -0.1) is 0 Å². The molecule has 0 heterocycles. The van der Waals surface area contributed by atoms with Gasteiger partial charge >= 0.3 is 0 Å². The normalized spacial score (nSPS) is 9.24. The Labute approximate surface area is 104 Å². The van der Waals surface area contributed by atoms with Gasteiger partial charge in [0.05, 0.1) is 11.4 Å². The first-order chi connectivity index (χ1) is 8.02. The summed E-state index contributed by atoms with van der Waals surface area (Å²) in [5, 5.41) is 17.9. The fourth-order valence-corrected chi connectivity index (χ4v) is 1.15. The summed E-state index contributed by atoms with van der Waals surface area (Å²) in [6.45, 7) is 0. The zero-order valence-corrected chi connectivity index (χ0v) is 9.72. The number of nitrogen functional groups attached to an aromatic ring is 2. The summed E-state index contributed by atoms with van der Waals surface area (Å²) in [6.07, 6.45) is 0. The van der Waals surface area contributed by atoms with Crippen molar-refractivity contribution >= 4 is 23.0 Å². The molecule has 5 heteroatoms. The van der Waals surface area contributed by atoms with Crippen molar-refractivity contribution in [2.45, 2.75) is 0 Å². The topological polar surface area (TPSA) is 92.5 Å². The van der Waals surface area contributed by atoms with Crippen LogP contribution in [0.15, 0.2) is 42.5 Å². The molecule has 0 atom stereocenters. The van der Waals surface area contributed by atoms with E-state index in [2.05, 4.69) is 0 Å². The van der Waals surface area contributed by atoms with Gasteiger partial charge in [-0.1, -0.05) is 29.8 Å². The number of hydrogen-bond donors (Lipinski definition) is 4. The highest BCUT2D eigenvalue weighted by atomic mass is 35.5. The van der Waals surface area contributed by atoms with E-state index in [4.69, 9.17) is 33.3 Å². The van der Waals surface area contributed by atoms with Gasteiger partial charge < -0.3 is 21.7 Å². The van der Waals surface area contributed by atoms with E-state index in [9.17, 15) is 0 Å². The molecule has 90 valence electrons. The Morgan fingerprint density at radius 3 is 1.71 bits per heavy atom. The van der Waals surface area contributed by atoms with Crippen molar-refractivity contribution in [1.29, 1.82) is 0 Å². The molecule has 0 radical (unpaired) electrons. The van der Waals surface area contributed by atoms with Gasteiger partial charge in [-0.25, -0.2) is 0 Å². The first kappa shape index (κ1) is 13.0. The molecule has 0 aliphatic heterocycles. The lowest BCUT2D eigenvalue weighted by molar-refractivity contribution is 0.476. The number of hydrogen-bond acceptors (Lipinski definition) is 4. The number of benzene rings is 2. The predicted molar refractivity (Wildman–Crippen MR) is 70.0 cm³/mol. The van der Waals surface area contributed by atoms with Crippen molar-refractivity contribution < 1.29 is 10.2 Å². The number of rotatable bonds is 0. The Balaban J connectivity index is 0.000000171. The summed E-state index contributed by atoms with van der Waals surface area (Å²) >= 11 is 5.50. The largest absolute Gasteiger partial charge is 0.506 e. The highest BCUT2D eigenvalue weighted by Crippen LogP contribution is 2.27. The van der Waals surface area contributed by atoms with Gasteiger partial charge in [0, 0.05) is 0 Å². The number of anilines is 2. The number of phenolic OH excluding ortho intramolecular Hbond substituents is 2. The van der Waals surface area contributed by atoms with Crippen LogP contribution in [-0.4, -0.2) is 10.2 Å². The van der Waals surface area contributed by atoms with Crippen LogP contribution in [0.3, 0.4) is 0 Å². The van der Waals surface area contributed by atoms with Crippen molar-refractivity contribution in [3.8, 4) is 11.5 Å².